The molecule has 5 heteroatoms. The number of thiazole rings is 1. The van der Waals surface area contributed by atoms with Crippen LogP contribution in [0, 0.1) is 19.8 Å². The molecule has 1 fully saturated rings. The van der Waals surface area contributed by atoms with E-state index in [1.807, 2.05) is 23.2 Å². The first kappa shape index (κ1) is 17.2. The van der Waals surface area contributed by atoms with Crippen LogP contribution in [0.15, 0.2) is 36.7 Å². The van der Waals surface area contributed by atoms with Crippen LogP contribution >= 0.6 is 11.3 Å². The normalized spacial score (nSPS) is 14.8. The Hall–Kier alpha value is -2.27. The van der Waals surface area contributed by atoms with Crippen LogP contribution < -0.4 is 4.90 Å². The van der Waals surface area contributed by atoms with Gasteiger partial charge in [0, 0.05) is 18.3 Å². The summed E-state index contributed by atoms with van der Waals surface area (Å²) in [4.78, 5) is 24.2. The molecule has 0 bridgehead atoms. The largest absolute Gasteiger partial charge is 0.283 e. The number of anilines is 1. The molecule has 26 heavy (non-hydrogen) atoms. The van der Waals surface area contributed by atoms with Gasteiger partial charge in [0.2, 0.25) is 5.91 Å². The number of benzene rings is 1. The summed E-state index contributed by atoms with van der Waals surface area (Å²) in [6.07, 6.45) is 7.87. The number of fused-ring (bicyclic) bond motifs is 1. The molecule has 0 radical (unpaired) electrons. The highest BCUT2D eigenvalue weighted by atomic mass is 32.1. The lowest BCUT2D eigenvalue weighted by atomic mass is 10.1. The van der Waals surface area contributed by atoms with Crippen molar-refractivity contribution in [1.29, 1.82) is 0 Å². The molecular weight excluding hydrogens is 342 g/mol. The third-order valence-corrected chi connectivity index (χ3v) is 6.41. The summed E-state index contributed by atoms with van der Waals surface area (Å²) in [6.45, 7) is 4.71. The van der Waals surface area contributed by atoms with Gasteiger partial charge >= 0.3 is 0 Å². The maximum Gasteiger partial charge on any atom is 0.232 e. The molecule has 1 aliphatic carbocycles. The molecule has 3 aromatic rings. The van der Waals surface area contributed by atoms with Gasteiger partial charge in [0.1, 0.15) is 0 Å². The summed E-state index contributed by atoms with van der Waals surface area (Å²) in [5.41, 5.74) is 4.42. The fraction of sp³-hybridized carbons (Fsp3) is 0.381. The Kier molecular flexibility index (Phi) is 4.72. The van der Waals surface area contributed by atoms with E-state index in [4.69, 9.17) is 4.98 Å². The van der Waals surface area contributed by atoms with Crippen molar-refractivity contribution >= 4 is 32.6 Å². The number of nitrogens with zero attached hydrogens (tertiary/aromatic N) is 3. The van der Waals surface area contributed by atoms with Gasteiger partial charge in [-0.1, -0.05) is 42.4 Å². The quantitative estimate of drug-likeness (QED) is 0.651. The second-order valence-electron chi connectivity index (χ2n) is 7.14. The van der Waals surface area contributed by atoms with E-state index in [9.17, 15) is 4.79 Å². The number of hydrogen-bond donors (Lipinski definition) is 0. The third-order valence-electron chi connectivity index (χ3n) is 5.20. The molecule has 1 saturated carbocycles. The number of hydrogen-bond acceptors (Lipinski definition) is 4. The molecule has 2 heterocycles. The molecule has 0 saturated heterocycles. The van der Waals surface area contributed by atoms with Crippen molar-refractivity contribution in [2.45, 2.75) is 46.1 Å². The van der Waals surface area contributed by atoms with Crippen LogP contribution in [0.3, 0.4) is 0 Å². The molecule has 1 aromatic carbocycles. The van der Waals surface area contributed by atoms with Crippen LogP contribution in [0.25, 0.3) is 10.2 Å². The van der Waals surface area contributed by atoms with Gasteiger partial charge in [0.25, 0.3) is 0 Å². The maximum atomic E-state index is 13.3. The van der Waals surface area contributed by atoms with E-state index in [0.29, 0.717) is 6.54 Å². The van der Waals surface area contributed by atoms with Gasteiger partial charge in [-0.05, 0) is 49.4 Å². The van der Waals surface area contributed by atoms with Crippen molar-refractivity contribution in [2.75, 3.05) is 4.90 Å². The van der Waals surface area contributed by atoms with Gasteiger partial charge in [-0.25, -0.2) is 4.98 Å². The lowest BCUT2D eigenvalue weighted by Gasteiger charge is -2.23. The lowest BCUT2D eigenvalue weighted by Crippen LogP contribution is -2.34. The highest BCUT2D eigenvalue weighted by molar-refractivity contribution is 7.22. The number of carbonyl (C=O) groups is 1. The van der Waals surface area contributed by atoms with E-state index in [1.54, 1.807) is 17.5 Å². The van der Waals surface area contributed by atoms with Crippen molar-refractivity contribution in [3.8, 4) is 0 Å². The third kappa shape index (κ3) is 3.23. The summed E-state index contributed by atoms with van der Waals surface area (Å²) >= 11 is 1.63. The minimum Gasteiger partial charge on any atom is -0.283 e. The van der Waals surface area contributed by atoms with Crippen LogP contribution in [0.1, 0.15) is 42.4 Å². The number of aryl methyl sites for hydroxylation is 2. The van der Waals surface area contributed by atoms with Gasteiger partial charge in [0.15, 0.2) is 5.13 Å². The Morgan fingerprint density at radius 2 is 1.96 bits per heavy atom. The minimum absolute atomic E-state index is 0.126. The predicted octanol–water partition coefficient (Wildman–Crippen LogP) is 5.03. The van der Waals surface area contributed by atoms with Gasteiger partial charge in [-0.15, -0.1) is 0 Å². The van der Waals surface area contributed by atoms with E-state index in [1.165, 1.54) is 10.3 Å². The van der Waals surface area contributed by atoms with Crippen LogP contribution in [0.5, 0.6) is 0 Å². The fourth-order valence-corrected chi connectivity index (χ4v) is 4.79. The molecule has 0 N–H and O–H groups in total. The monoisotopic (exact) mass is 365 g/mol. The van der Waals surface area contributed by atoms with E-state index in [2.05, 4.69) is 31.0 Å². The average Bonchev–Trinajstić information content (AvgIpc) is 3.33. The summed E-state index contributed by atoms with van der Waals surface area (Å²) < 4.78 is 1.18. The van der Waals surface area contributed by atoms with Gasteiger partial charge in [-0.2, -0.15) is 0 Å². The molecule has 2 aromatic heterocycles. The molecule has 134 valence electrons. The molecule has 0 spiro atoms. The SMILES string of the molecule is Cc1ccc(C)c2sc(N(Cc3cccnc3)C(=O)C3CCCC3)nc12. The van der Waals surface area contributed by atoms with Crippen molar-refractivity contribution in [3.63, 3.8) is 0 Å². The van der Waals surface area contributed by atoms with Crippen LogP contribution in [-0.2, 0) is 11.3 Å². The molecule has 0 unspecified atom stereocenters. The summed E-state index contributed by atoms with van der Waals surface area (Å²) in [5.74, 6) is 0.335. The smallest absolute Gasteiger partial charge is 0.232 e. The zero-order valence-electron chi connectivity index (χ0n) is 15.2. The van der Waals surface area contributed by atoms with Crippen molar-refractivity contribution in [1.82, 2.24) is 9.97 Å². The predicted molar refractivity (Wildman–Crippen MR) is 106 cm³/mol. The highest BCUT2D eigenvalue weighted by Crippen LogP contribution is 2.36. The fourth-order valence-electron chi connectivity index (χ4n) is 3.67. The standard InChI is InChI=1S/C21H23N3OS/c1-14-9-10-15(2)19-18(14)23-21(26-19)24(13-16-6-5-11-22-12-16)20(25)17-7-3-4-8-17/h5-6,9-12,17H,3-4,7-8,13H2,1-2H3. The second-order valence-corrected chi connectivity index (χ2v) is 8.12. The molecule has 1 amide bonds. The van der Waals surface area contributed by atoms with Crippen LogP contribution in [-0.4, -0.2) is 15.9 Å². The first-order valence-electron chi connectivity index (χ1n) is 9.20. The Morgan fingerprint density at radius 1 is 1.19 bits per heavy atom. The summed E-state index contributed by atoms with van der Waals surface area (Å²) in [7, 11) is 0. The van der Waals surface area contributed by atoms with Crippen molar-refractivity contribution < 1.29 is 4.79 Å². The van der Waals surface area contributed by atoms with Crippen molar-refractivity contribution in [2.24, 2.45) is 5.92 Å². The van der Waals surface area contributed by atoms with Crippen molar-refractivity contribution in [3.05, 3.63) is 53.3 Å². The maximum absolute atomic E-state index is 13.3. The lowest BCUT2D eigenvalue weighted by molar-refractivity contribution is -0.122. The highest BCUT2D eigenvalue weighted by Gasteiger charge is 2.30. The Labute approximate surface area is 157 Å². The van der Waals surface area contributed by atoms with E-state index < -0.39 is 0 Å². The molecule has 4 rings (SSSR count). The first-order chi connectivity index (χ1) is 12.6. The topological polar surface area (TPSA) is 46.1 Å². The minimum atomic E-state index is 0.126. The van der Waals surface area contributed by atoms with Crippen LogP contribution in [0.4, 0.5) is 5.13 Å². The molecular formula is C21H23N3OS. The summed E-state index contributed by atoms with van der Waals surface area (Å²) in [6, 6.07) is 8.17. The first-order valence-corrected chi connectivity index (χ1v) is 10.0. The summed E-state index contributed by atoms with van der Waals surface area (Å²) in [5, 5.41) is 0.804. The number of amides is 1. The molecule has 0 atom stereocenters. The zero-order chi connectivity index (χ0) is 18.1. The zero-order valence-corrected chi connectivity index (χ0v) is 16.1. The van der Waals surface area contributed by atoms with Crippen LogP contribution in [0.2, 0.25) is 0 Å². The second kappa shape index (κ2) is 7.16. The molecule has 0 aliphatic heterocycles. The Balaban J connectivity index is 1.75. The van der Waals surface area contributed by atoms with E-state index >= 15 is 0 Å². The molecule has 1 aliphatic rings. The van der Waals surface area contributed by atoms with E-state index in [0.717, 1.165) is 47.5 Å². The number of pyridine rings is 1. The number of carbonyl (C=O) groups excluding carboxylic acids is 1. The van der Waals surface area contributed by atoms with Gasteiger partial charge in [0.05, 0.1) is 16.8 Å². The Bertz CT molecular complexity index is 890. The Morgan fingerprint density at radius 3 is 2.65 bits per heavy atom. The molecule has 4 nitrogen and oxygen atoms in total. The van der Waals surface area contributed by atoms with Gasteiger partial charge in [-0.3, -0.25) is 14.7 Å². The number of rotatable bonds is 4. The number of aromatic nitrogens is 2. The average molecular weight is 366 g/mol. The van der Waals surface area contributed by atoms with E-state index in [-0.39, 0.29) is 11.8 Å². The van der Waals surface area contributed by atoms with Gasteiger partial charge < -0.3 is 0 Å².